The molecule has 2 aromatic rings. The van der Waals surface area contributed by atoms with Crippen molar-refractivity contribution in [1.29, 1.82) is 0 Å². The Morgan fingerprint density at radius 3 is 2.90 bits per heavy atom. The molecule has 0 bridgehead atoms. The molecule has 0 saturated heterocycles. The Bertz CT molecular complexity index is 636. The van der Waals surface area contributed by atoms with Gasteiger partial charge >= 0.3 is 5.97 Å². The third-order valence-corrected chi connectivity index (χ3v) is 2.75. The minimum Gasteiger partial charge on any atom is -0.476 e. The maximum atomic E-state index is 11.3. The van der Waals surface area contributed by atoms with Gasteiger partial charge in [0, 0.05) is 25.7 Å². The minimum atomic E-state index is -1.07. The first kappa shape index (κ1) is 13.9. The maximum Gasteiger partial charge on any atom is 0.356 e. The number of fused-ring (bicyclic) bond motifs is 1. The van der Waals surface area contributed by atoms with Crippen molar-refractivity contribution in [3.8, 4) is 0 Å². The van der Waals surface area contributed by atoms with Crippen LogP contribution in [0, 0.1) is 0 Å². The lowest BCUT2D eigenvalue weighted by Crippen LogP contribution is -2.25. The van der Waals surface area contributed by atoms with E-state index in [2.05, 4.69) is 15.6 Å². The predicted octanol–water partition coefficient (Wildman–Crippen LogP) is 0.971. The van der Waals surface area contributed by atoms with Crippen LogP contribution < -0.4 is 10.6 Å². The Hall–Kier alpha value is -2.57. The van der Waals surface area contributed by atoms with Crippen molar-refractivity contribution in [2.45, 2.75) is 13.3 Å². The van der Waals surface area contributed by atoms with E-state index in [9.17, 15) is 14.7 Å². The third-order valence-electron chi connectivity index (χ3n) is 2.75. The zero-order chi connectivity index (χ0) is 14.5. The molecule has 2 aromatic heterocycles. The van der Waals surface area contributed by atoms with Gasteiger partial charge in [-0.25, -0.2) is 9.78 Å². The fourth-order valence-corrected chi connectivity index (χ4v) is 1.90. The Labute approximate surface area is 115 Å². The molecule has 7 nitrogen and oxygen atoms in total. The van der Waals surface area contributed by atoms with Crippen LogP contribution in [0.3, 0.4) is 0 Å². The van der Waals surface area contributed by atoms with Crippen molar-refractivity contribution >= 4 is 23.3 Å². The number of hydrogen-bond acceptors (Lipinski definition) is 4. The number of amides is 1. The highest BCUT2D eigenvalue weighted by Gasteiger charge is 2.18. The van der Waals surface area contributed by atoms with Gasteiger partial charge in [0.25, 0.3) is 0 Å². The number of aromatic carboxylic acids is 1. The van der Waals surface area contributed by atoms with Gasteiger partial charge in [0.05, 0.1) is 0 Å². The Kier molecular flexibility index (Phi) is 4.19. The van der Waals surface area contributed by atoms with Gasteiger partial charge in [0.1, 0.15) is 5.65 Å². The summed E-state index contributed by atoms with van der Waals surface area (Å²) < 4.78 is 1.50. The summed E-state index contributed by atoms with van der Waals surface area (Å²) in [6.07, 6.45) is 1.90. The number of imidazole rings is 1. The molecule has 0 aromatic carbocycles. The topological polar surface area (TPSA) is 95.7 Å². The molecule has 2 heterocycles. The Balaban J connectivity index is 2.15. The molecule has 3 N–H and O–H groups in total. The summed E-state index contributed by atoms with van der Waals surface area (Å²) >= 11 is 0. The van der Waals surface area contributed by atoms with E-state index in [-0.39, 0.29) is 23.8 Å². The average Bonchev–Trinajstić information content (AvgIpc) is 2.77. The van der Waals surface area contributed by atoms with Crippen molar-refractivity contribution in [3.63, 3.8) is 0 Å². The van der Waals surface area contributed by atoms with Crippen LogP contribution in [0.15, 0.2) is 24.4 Å². The quantitative estimate of drug-likeness (QED) is 0.730. The minimum absolute atomic E-state index is 0.0662. The molecular weight excluding hydrogens is 260 g/mol. The van der Waals surface area contributed by atoms with Crippen molar-refractivity contribution in [2.75, 3.05) is 18.4 Å². The van der Waals surface area contributed by atoms with Gasteiger partial charge in [-0.3, -0.25) is 9.20 Å². The second kappa shape index (κ2) is 6.05. The van der Waals surface area contributed by atoms with Crippen LogP contribution >= 0.6 is 0 Å². The van der Waals surface area contributed by atoms with Crippen LogP contribution in [0.4, 0.5) is 5.82 Å². The molecule has 0 spiro atoms. The highest BCUT2D eigenvalue weighted by Crippen LogP contribution is 2.17. The first-order chi connectivity index (χ1) is 9.63. The Morgan fingerprint density at radius 2 is 2.20 bits per heavy atom. The zero-order valence-electron chi connectivity index (χ0n) is 11.1. The summed E-state index contributed by atoms with van der Waals surface area (Å²) in [5.41, 5.74) is 0.613. The van der Waals surface area contributed by atoms with Crippen LogP contribution in [0.25, 0.3) is 5.65 Å². The summed E-state index contributed by atoms with van der Waals surface area (Å²) in [5.74, 6) is -0.877. The van der Waals surface area contributed by atoms with Crippen molar-refractivity contribution in [2.24, 2.45) is 0 Å². The molecule has 0 saturated carbocycles. The molecule has 0 aliphatic carbocycles. The molecular formula is C13H16N4O3. The van der Waals surface area contributed by atoms with Crippen molar-refractivity contribution < 1.29 is 14.7 Å². The lowest BCUT2D eigenvalue weighted by molar-refractivity contribution is -0.120. The predicted molar refractivity (Wildman–Crippen MR) is 73.9 cm³/mol. The summed E-state index contributed by atoms with van der Waals surface area (Å²) in [5, 5.41) is 14.8. The highest BCUT2D eigenvalue weighted by atomic mass is 16.4. The van der Waals surface area contributed by atoms with E-state index in [0.717, 1.165) is 0 Å². The second-order valence-electron chi connectivity index (χ2n) is 4.17. The number of carboxylic acid groups (broad SMARTS) is 1. The number of carbonyl (C=O) groups is 2. The number of aromatic nitrogens is 2. The van der Waals surface area contributed by atoms with Gasteiger partial charge in [-0.05, 0) is 19.1 Å². The molecule has 1 amide bonds. The lowest BCUT2D eigenvalue weighted by atomic mass is 10.3. The third kappa shape index (κ3) is 2.87. The van der Waals surface area contributed by atoms with Gasteiger partial charge in [0.2, 0.25) is 5.91 Å². The van der Waals surface area contributed by atoms with Crippen molar-refractivity contribution in [3.05, 3.63) is 30.1 Å². The van der Waals surface area contributed by atoms with Crippen LogP contribution in [-0.4, -0.2) is 39.5 Å². The molecule has 0 aliphatic rings. The summed E-state index contributed by atoms with van der Waals surface area (Å²) in [6, 6.07) is 5.24. The first-order valence-corrected chi connectivity index (χ1v) is 6.34. The van der Waals surface area contributed by atoms with Crippen LogP contribution in [0.2, 0.25) is 0 Å². The van der Waals surface area contributed by atoms with E-state index in [1.54, 1.807) is 24.4 Å². The first-order valence-electron chi connectivity index (χ1n) is 6.34. The largest absolute Gasteiger partial charge is 0.476 e. The number of nitrogens with one attached hydrogen (secondary N) is 2. The smallest absolute Gasteiger partial charge is 0.356 e. The average molecular weight is 276 g/mol. The van der Waals surface area contributed by atoms with E-state index >= 15 is 0 Å². The summed E-state index contributed by atoms with van der Waals surface area (Å²) in [6.45, 7) is 2.75. The number of pyridine rings is 1. The molecule has 0 unspecified atom stereocenters. The molecule has 7 heteroatoms. The van der Waals surface area contributed by atoms with E-state index in [0.29, 0.717) is 18.7 Å². The fourth-order valence-electron chi connectivity index (χ4n) is 1.90. The summed E-state index contributed by atoms with van der Waals surface area (Å²) in [7, 11) is 0. The standard InChI is InChI=1S/C13H16N4O3/c1-2-14-10(18)6-7-15-12-11(13(19)20)17-8-4-3-5-9(17)16-12/h3-5,8,15H,2,6-7H2,1H3,(H,14,18)(H,19,20). The van der Waals surface area contributed by atoms with Gasteiger partial charge in [-0.1, -0.05) is 6.07 Å². The van der Waals surface area contributed by atoms with Gasteiger partial charge < -0.3 is 15.7 Å². The number of carbonyl (C=O) groups excluding carboxylic acids is 1. The number of hydrogen-bond donors (Lipinski definition) is 3. The SMILES string of the molecule is CCNC(=O)CCNc1nc2ccccn2c1C(=O)O. The van der Waals surface area contributed by atoms with E-state index in [4.69, 9.17) is 0 Å². The molecule has 0 aliphatic heterocycles. The molecule has 2 rings (SSSR count). The molecule has 0 atom stereocenters. The second-order valence-corrected chi connectivity index (χ2v) is 4.17. The molecule has 106 valence electrons. The van der Waals surface area contributed by atoms with Crippen LogP contribution in [0.1, 0.15) is 23.8 Å². The molecule has 0 radical (unpaired) electrons. The number of rotatable bonds is 6. The number of nitrogens with zero attached hydrogens (tertiary/aromatic N) is 2. The van der Waals surface area contributed by atoms with Gasteiger partial charge in [-0.15, -0.1) is 0 Å². The van der Waals surface area contributed by atoms with Crippen LogP contribution in [-0.2, 0) is 4.79 Å². The van der Waals surface area contributed by atoms with E-state index < -0.39 is 5.97 Å². The van der Waals surface area contributed by atoms with Crippen LogP contribution in [0.5, 0.6) is 0 Å². The van der Waals surface area contributed by atoms with Crippen molar-refractivity contribution in [1.82, 2.24) is 14.7 Å². The lowest BCUT2D eigenvalue weighted by Gasteiger charge is -2.04. The maximum absolute atomic E-state index is 11.3. The fraction of sp³-hybridized carbons (Fsp3) is 0.308. The monoisotopic (exact) mass is 276 g/mol. The van der Waals surface area contributed by atoms with E-state index in [1.165, 1.54) is 4.40 Å². The summed E-state index contributed by atoms with van der Waals surface area (Å²) in [4.78, 5) is 26.9. The molecule has 0 fully saturated rings. The zero-order valence-corrected chi connectivity index (χ0v) is 11.1. The number of anilines is 1. The molecule has 20 heavy (non-hydrogen) atoms. The van der Waals surface area contributed by atoms with Gasteiger partial charge in [0.15, 0.2) is 11.5 Å². The van der Waals surface area contributed by atoms with Gasteiger partial charge in [-0.2, -0.15) is 0 Å². The normalized spacial score (nSPS) is 10.4. The highest BCUT2D eigenvalue weighted by molar-refractivity contribution is 5.93. The van der Waals surface area contributed by atoms with E-state index in [1.807, 2.05) is 6.92 Å². The Morgan fingerprint density at radius 1 is 1.40 bits per heavy atom. The number of carboxylic acids is 1.